The largest absolute Gasteiger partial charge is 0.326 e. The first-order valence-corrected chi connectivity index (χ1v) is 4.00. The van der Waals surface area contributed by atoms with Crippen LogP contribution in [0.15, 0.2) is 23.0 Å². The van der Waals surface area contributed by atoms with E-state index in [1.165, 1.54) is 0 Å². The molecule has 0 spiro atoms. The lowest BCUT2D eigenvalue weighted by atomic mass is 10.3. The number of carbonyl (C=O) groups is 1. The average molecular weight is 190 g/mol. The third kappa shape index (κ3) is 1.52. The molecule has 1 radical (unpaired) electrons. The Kier molecular flexibility index (Phi) is 1.85. The molecule has 0 saturated carbocycles. The quantitative estimate of drug-likeness (QED) is 0.616. The van der Waals surface area contributed by atoms with E-state index in [4.69, 9.17) is 0 Å². The van der Waals surface area contributed by atoms with Crippen LogP contribution in [0.1, 0.15) is 0 Å². The van der Waals surface area contributed by atoms with Crippen molar-refractivity contribution in [2.75, 3.05) is 5.32 Å². The Morgan fingerprint density at radius 3 is 2.71 bits per heavy atom. The number of hydrogen-bond donors (Lipinski definition) is 3. The molecule has 0 unspecified atom stereocenters. The Labute approximate surface area is 79.1 Å². The lowest BCUT2D eigenvalue weighted by Gasteiger charge is -2.00. The van der Waals surface area contributed by atoms with Crippen LogP contribution >= 0.6 is 0 Å². The Hall–Kier alpha value is -2.04. The summed E-state index contributed by atoms with van der Waals surface area (Å²) in [7, 11) is 0. The van der Waals surface area contributed by atoms with Gasteiger partial charge in [-0.3, -0.25) is 4.79 Å². The van der Waals surface area contributed by atoms with E-state index in [0.29, 0.717) is 16.7 Å². The zero-order valence-corrected chi connectivity index (χ0v) is 7.26. The van der Waals surface area contributed by atoms with Crippen molar-refractivity contribution in [3.05, 3.63) is 35.6 Å². The molecule has 0 aliphatic rings. The summed E-state index contributed by atoms with van der Waals surface area (Å²) in [6.45, 7) is 3.19. The van der Waals surface area contributed by atoms with E-state index in [2.05, 4.69) is 22.2 Å². The first-order chi connectivity index (χ1) is 6.65. The summed E-state index contributed by atoms with van der Waals surface area (Å²) in [5.41, 5.74) is 1.70. The number of amides is 1. The topological polar surface area (TPSA) is 77.8 Å². The highest BCUT2D eigenvalue weighted by molar-refractivity contribution is 5.95. The lowest BCUT2D eigenvalue weighted by Crippen LogP contribution is -2.05. The molecule has 1 amide bonds. The average Bonchev–Trinajstić information content (AvgIpc) is 2.42. The second kappa shape index (κ2) is 3.02. The van der Waals surface area contributed by atoms with Crippen LogP contribution in [0.3, 0.4) is 0 Å². The molecule has 2 rings (SSSR count). The number of nitrogens with one attached hydrogen (secondary N) is 3. The van der Waals surface area contributed by atoms with Gasteiger partial charge in [0.1, 0.15) is 0 Å². The van der Waals surface area contributed by atoms with Gasteiger partial charge in [0.2, 0.25) is 5.91 Å². The molecule has 0 saturated heterocycles. The number of fused-ring (bicyclic) bond motifs is 1. The Balaban J connectivity index is 2.50. The maximum absolute atomic E-state index is 10.9. The number of anilines is 1. The van der Waals surface area contributed by atoms with E-state index in [1.807, 2.05) is 0 Å². The van der Waals surface area contributed by atoms with Crippen molar-refractivity contribution >= 4 is 22.6 Å². The van der Waals surface area contributed by atoms with Gasteiger partial charge >= 0.3 is 5.69 Å². The van der Waals surface area contributed by atoms with Gasteiger partial charge < -0.3 is 15.3 Å². The number of aromatic amines is 2. The van der Waals surface area contributed by atoms with E-state index in [1.54, 1.807) is 18.2 Å². The van der Waals surface area contributed by atoms with Crippen molar-refractivity contribution in [1.82, 2.24) is 9.97 Å². The summed E-state index contributed by atoms with van der Waals surface area (Å²) in [5, 5.41) is 2.52. The fourth-order valence-corrected chi connectivity index (χ4v) is 1.27. The maximum Gasteiger partial charge on any atom is 0.323 e. The van der Waals surface area contributed by atoms with Crippen LogP contribution in [0.4, 0.5) is 5.69 Å². The summed E-state index contributed by atoms with van der Waals surface area (Å²) in [5.74, 6) is -0.387. The van der Waals surface area contributed by atoms with Crippen molar-refractivity contribution in [1.29, 1.82) is 0 Å². The van der Waals surface area contributed by atoms with Crippen molar-refractivity contribution in [3.63, 3.8) is 0 Å². The van der Waals surface area contributed by atoms with Gasteiger partial charge in [0.25, 0.3) is 0 Å². The van der Waals surface area contributed by atoms with Crippen LogP contribution in [0, 0.1) is 6.92 Å². The van der Waals surface area contributed by atoms with Crippen molar-refractivity contribution in [3.8, 4) is 0 Å². The molecule has 2 aromatic rings. The Bertz CT molecular complexity index is 538. The highest BCUT2D eigenvalue weighted by atomic mass is 16.1. The Morgan fingerprint density at radius 2 is 2.00 bits per heavy atom. The third-order valence-corrected chi connectivity index (χ3v) is 1.80. The van der Waals surface area contributed by atoms with E-state index < -0.39 is 0 Å². The molecule has 0 bridgehead atoms. The molecule has 71 valence electrons. The number of hydrogen-bond acceptors (Lipinski definition) is 2. The predicted molar refractivity (Wildman–Crippen MR) is 52.9 cm³/mol. The Morgan fingerprint density at radius 1 is 1.29 bits per heavy atom. The third-order valence-electron chi connectivity index (χ3n) is 1.80. The van der Waals surface area contributed by atoms with Crippen LogP contribution in [0.5, 0.6) is 0 Å². The zero-order valence-electron chi connectivity index (χ0n) is 7.26. The predicted octanol–water partition coefficient (Wildman–Crippen LogP) is 0.629. The minimum atomic E-state index is -0.387. The summed E-state index contributed by atoms with van der Waals surface area (Å²) >= 11 is 0. The molecule has 0 aliphatic carbocycles. The van der Waals surface area contributed by atoms with Crippen molar-refractivity contribution in [2.45, 2.75) is 0 Å². The molecule has 5 nitrogen and oxygen atoms in total. The smallest absolute Gasteiger partial charge is 0.323 e. The minimum absolute atomic E-state index is 0.266. The van der Waals surface area contributed by atoms with Gasteiger partial charge in [-0.2, -0.15) is 0 Å². The molecule has 0 fully saturated rings. The second-order valence-electron chi connectivity index (χ2n) is 2.89. The molecular formula is C9H8N3O2. The summed E-state index contributed by atoms with van der Waals surface area (Å²) < 4.78 is 0. The zero-order chi connectivity index (χ0) is 10.1. The first kappa shape index (κ1) is 8.55. The van der Waals surface area contributed by atoms with E-state index in [-0.39, 0.29) is 11.6 Å². The number of benzene rings is 1. The van der Waals surface area contributed by atoms with Gasteiger partial charge in [-0.25, -0.2) is 4.79 Å². The molecule has 0 aliphatic heterocycles. The van der Waals surface area contributed by atoms with Crippen LogP contribution in [0.25, 0.3) is 11.0 Å². The lowest BCUT2D eigenvalue weighted by molar-refractivity contribution is -0.112. The van der Waals surface area contributed by atoms with Gasteiger partial charge in [-0.05, 0) is 18.2 Å². The number of imidazole rings is 1. The van der Waals surface area contributed by atoms with Crippen LogP contribution < -0.4 is 11.0 Å². The normalized spacial score (nSPS) is 10.4. The molecular weight excluding hydrogens is 182 g/mol. The molecule has 1 aromatic carbocycles. The maximum atomic E-state index is 10.9. The van der Waals surface area contributed by atoms with Gasteiger partial charge in [0.05, 0.1) is 11.0 Å². The molecule has 3 N–H and O–H groups in total. The van der Waals surface area contributed by atoms with E-state index >= 15 is 0 Å². The monoisotopic (exact) mass is 190 g/mol. The molecule has 0 atom stereocenters. The van der Waals surface area contributed by atoms with Gasteiger partial charge in [-0.15, -0.1) is 0 Å². The van der Waals surface area contributed by atoms with E-state index in [0.717, 1.165) is 0 Å². The molecule has 14 heavy (non-hydrogen) atoms. The summed E-state index contributed by atoms with van der Waals surface area (Å²) in [6, 6.07) is 5.06. The van der Waals surface area contributed by atoms with Gasteiger partial charge in [-0.1, -0.05) is 0 Å². The van der Waals surface area contributed by atoms with Crippen molar-refractivity contribution in [2.24, 2.45) is 0 Å². The minimum Gasteiger partial charge on any atom is -0.326 e. The molecule has 5 heteroatoms. The standard InChI is InChI=1S/C9H8N3O2/c1-5(13)10-6-2-3-7-8(4-6)12-9(14)11-7/h2-4H,1H2,(H,10,13)(H2,11,12,14). The first-order valence-electron chi connectivity index (χ1n) is 4.00. The number of aromatic nitrogens is 2. The van der Waals surface area contributed by atoms with Crippen LogP contribution in [-0.2, 0) is 4.79 Å². The number of H-pyrrole nitrogens is 2. The van der Waals surface area contributed by atoms with Crippen LogP contribution in [-0.4, -0.2) is 15.9 Å². The van der Waals surface area contributed by atoms with Crippen molar-refractivity contribution < 1.29 is 4.79 Å². The highest BCUT2D eigenvalue weighted by Gasteiger charge is 2.00. The van der Waals surface area contributed by atoms with Gasteiger partial charge in [0.15, 0.2) is 0 Å². The molecule has 1 heterocycles. The summed E-state index contributed by atoms with van der Waals surface area (Å²) in [4.78, 5) is 26.8. The fraction of sp³-hybridized carbons (Fsp3) is 0. The highest BCUT2D eigenvalue weighted by Crippen LogP contribution is 2.13. The summed E-state index contributed by atoms with van der Waals surface area (Å²) in [6.07, 6.45) is 0. The van der Waals surface area contributed by atoms with E-state index in [9.17, 15) is 9.59 Å². The fourth-order valence-electron chi connectivity index (χ4n) is 1.27. The van der Waals surface area contributed by atoms with Gasteiger partial charge in [0, 0.05) is 12.6 Å². The van der Waals surface area contributed by atoms with Crippen LogP contribution in [0.2, 0.25) is 0 Å². The SMILES string of the molecule is [CH2]C(=O)Nc1ccc2[nH]c(=O)[nH]c2c1. The number of rotatable bonds is 1. The second-order valence-corrected chi connectivity index (χ2v) is 2.89. The molecule has 1 aromatic heterocycles. The number of carbonyl (C=O) groups excluding carboxylic acids is 1.